The van der Waals surface area contributed by atoms with Crippen LogP contribution in [0.15, 0.2) is 6.20 Å². The van der Waals surface area contributed by atoms with E-state index in [0.29, 0.717) is 5.92 Å². The monoisotopic (exact) mass is 239 g/mol. The molecule has 0 saturated carbocycles. The Bertz CT molecular complexity index is 356. The summed E-state index contributed by atoms with van der Waals surface area (Å²) in [4.78, 5) is 0. The third-order valence-corrected chi connectivity index (χ3v) is 2.83. The number of nitrogens with one attached hydrogen (secondary N) is 1. The highest BCUT2D eigenvalue weighted by molar-refractivity contribution is 5.19. The predicted octanol–water partition coefficient (Wildman–Crippen LogP) is 1.65. The first kappa shape index (κ1) is 14.2. The van der Waals surface area contributed by atoms with Gasteiger partial charge in [-0.15, -0.1) is 0 Å². The number of hydrogen-bond donors (Lipinski definition) is 2. The molecule has 0 aliphatic rings. The Kier molecular flexibility index (Phi) is 4.71. The van der Waals surface area contributed by atoms with Crippen LogP contribution in [0.25, 0.3) is 0 Å². The molecular weight excluding hydrogens is 214 g/mol. The fraction of sp³-hybridized carbons (Fsp3) is 0.769. The van der Waals surface area contributed by atoms with Crippen molar-refractivity contribution in [1.29, 1.82) is 0 Å². The summed E-state index contributed by atoms with van der Waals surface area (Å²) in [5.41, 5.74) is 2.33. The highest BCUT2D eigenvalue weighted by Gasteiger charge is 2.17. The molecule has 4 heteroatoms. The summed E-state index contributed by atoms with van der Waals surface area (Å²) in [5.74, 6) is 0.443. The van der Waals surface area contributed by atoms with Gasteiger partial charge in [-0.2, -0.15) is 5.10 Å². The summed E-state index contributed by atoms with van der Waals surface area (Å²) in [7, 11) is 1.95. The van der Waals surface area contributed by atoms with E-state index in [1.54, 1.807) is 0 Å². The van der Waals surface area contributed by atoms with Crippen molar-refractivity contribution < 1.29 is 5.11 Å². The smallest absolute Gasteiger partial charge is 0.0694 e. The van der Waals surface area contributed by atoms with Crippen molar-refractivity contribution in [2.75, 3.05) is 13.2 Å². The van der Waals surface area contributed by atoms with Gasteiger partial charge in [0.2, 0.25) is 0 Å². The second-order valence-corrected chi connectivity index (χ2v) is 5.79. The summed E-state index contributed by atoms with van der Waals surface area (Å²) in [6, 6.07) is 0. The number of aromatic nitrogens is 2. The molecule has 4 nitrogen and oxygen atoms in total. The predicted molar refractivity (Wildman–Crippen MR) is 69.9 cm³/mol. The zero-order valence-electron chi connectivity index (χ0n) is 11.6. The molecule has 98 valence electrons. The maximum atomic E-state index is 9.18. The highest BCUT2D eigenvalue weighted by atomic mass is 16.3. The molecule has 1 rings (SSSR count). The van der Waals surface area contributed by atoms with Crippen LogP contribution in [0, 0.1) is 5.41 Å². The second-order valence-electron chi connectivity index (χ2n) is 5.79. The summed E-state index contributed by atoms with van der Waals surface area (Å²) in [6.07, 6.45) is 2.06. The van der Waals surface area contributed by atoms with E-state index in [0.717, 1.165) is 18.8 Å². The Morgan fingerprint density at radius 2 is 2.12 bits per heavy atom. The molecule has 1 aromatic heterocycles. The van der Waals surface area contributed by atoms with Gasteiger partial charge >= 0.3 is 0 Å². The van der Waals surface area contributed by atoms with Crippen molar-refractivity contribution in [3.05, 3.63) is 17.5 Å². The number of nitrogens with zero attached hydrogens (tertiary/aromatic N) is 2. The molecule has 0 aromatic carbocycles. The number of aliphatic hydroxyl groups excluding tert-OH is 1. The zero-order chi connectivity index (χ0) is 13.1. The van der Waals surface area contributed by atoms with E-state index in [9.17, 15) is 5.11 Å². The first-order valence-corrected chi connectivity index (χ1v) is 6.20. The van der Waals surface area contributed by atoms with Gasteiger partial charge in [0.05, 0.1) is 5.69 Å². The van der Waals surface area contributed by atoms with E-state index in [2.05, 4.69) is 30.5 Å². The lowest BCUT2D eigenvalue weighted by Crippen LogP contribution is -2.32. The highest BCUT2D eigenvalue weighted by Crippen LogP contribution is 2.17. The number of aryl methyl sites for hydroxylation is 1. The first-order chi connectivity index (χ1) is 7.85. The molecule has 0 fully saturated rings. The van der Waals surface area contributed by atoms with E-state index < -0.39 is 0 Å². The van der Waals surface area contributed by atoms with Crippen molar-refractivity contribution in [3.63, 3.8) is 0 Å². The van der Waals surface area contributed by atoms with Crippen LogP contribution >= 0.6 is 0 Å². The molecule has 0 aliphatic heterocycles. The SMILES string of the molecule is CC(C)c1nn(C)cc1CNCC(C)(C)CO. The summed E-state index contributed by atoms with van der Waals surface area (Å²) < 4.78 is 1.86. The van der Waals surface area contributed by atoms with E-state index in [-0.39, 0.29) is 12.0 Å². The topological polar surface area (TPSA) is 50.1 Å². The van der Waals surface area contributed by atoms with Crippen LogP contribution in [-0.2, 0) is 13.6 Å². The van der Waals surface area contributed by atoms with Crippen molar-refractivity contribution in [3.8, 4) is 0 Å². The van der Waals surface area contributed by atoms with Gasteiger partial charge in [-0.3, -0.25) is 4.68 Å². The van der Waals surface area contributed by atoms with Crippen LogP contribution in [0.1, 0.15) is 44.9 Å². The Morgan fingerprint density at radius 3 is 2.65 bits per heavy atom. The summed E-state index contributed by atoms with van der Waals surface area (Å²) in [6.45, 7) is 10.2. The zero-order valence-corrected chi connectivity index (χ0v) is 11.6. The Labute approximate surface area is 104 Å². The lowest BCUT2D eigenvalue weighted by molar-refractivity contribution is 0.156. The molecule has 0 radical (unpaired) electrons. The maximum absolute atomic E-state index is 9.18. The molecule has 0 unspecified atom stereocenters. The minimum absolute atomic E-state index is 0.0692. The number of aliphatic hydroxyl groups is 1. The maximum Gasteiger partial charge on any atom is 0.0694 e. The van der Waals surface area contributed by atoms with Crippen molar-refractivity contribution in [2.24, 2.45) is 12.5 Å². The molecule has 1 heterocycles. The molecule has 2 N–H and O–H groups in total. The van der Waals surface area contributed by atoms with Crippen LogP contribution in [0.4, 0.5) is 0 Å². The quantitative estimate of drug-likeness (QED) is 0.793. The standard InChI is InChI=1S/C13H25N3O/c1-10(2)12-11(7-16(5)15-12)6-14-8-13(3,4)9-17/h7,10,14,17H,6,8-9H2,1-5H3. The van der Waals surface area contributed by atoms with Crippen LogP contribution in [0.2, 0.25) is 0 Å². The van der Waals surface area contributed by atoms with Gasteiger partial charge in [0.25, 0.3) is 0 Å². The molecule has 0 saturated heterocycles. The van der Waals surface area contributed by atoms with E-state index in [1.807, 2.05) is 25.6 Å². The Morgan fingerprint density at radius 1 is 1.47 bits per heavy atom. The van der Waals surface area contributed by atoms with Gasteiger partial charge in [-0.1, -0.05) is 27.7 Å². The third kappa shape index (κ3) is 4.13. The summed E-state index contributed by atoms with van der Waals surface area (Å²) >= 11 is 0. The average molecular weight is 239 g/mol. The van der Waals surface area contributed by atoms with Gasteiger partial charge < -0.3 is 10.4 Å². The first-order valence-electron chi connectivity index (χ1n) is 6.20. The lowest BCUT2D eigenvalue weighted by atomic mass is 9.95. The number of hydrogen-bond acceptors (Lipinski definition) is 3. The molecule has 0 amide bonds. The van der Waals surface area contributed by atoms with Crippen LogP contribution in [-0.4, -0.2) is 28.0 Å². The normalized spacial score (nSPS) is 12.4. The van der Waals surface area contributed by atoms with E-state index in [1.165, 1.54) is 5.56 Å². The van der Waals surface area contributed by atoms with Gasteiger partial charge in [-0.25, -0.2) is 0 Å². The molecule has 0 atom stereocenters. The fourth-order valence-corrected chi connectivity index (χ4v) is 1.77. The lowest BCUT2D eigenvalue weighted by Gasteiger charge is -2.22. The van der Waals surface area contributed by atoms with Gasteiger partial charge in [0.15, 0.2) is 0 Å². The Balaban J connectivity index is 2.57. The minimum Gasteiger partial charge on any atom is -0.396 e. The van der Waals surface area contributed by atoms with Crippen LogP contribution < -0.4 is 5.32 Å². The van der Waals surface area contributed by atoms with Gasteiger partial charge in [0.1, 0.15) is 0 Å². The largest absolute Gasteiger partial charge is 0.396 e. The molecule has 0 aliphatic carbocycles. The third-order valence-electron chi connectivity index (χ3n) is 2.83. The van der Waals surface area contributed by atoms with Crippen LogP contribution in [0.3, 0.4) is 0 Å². The van der Waals surface area contributed by atoms with Crippen LogP contribution in [0.5, 0.6) is 0 Å². The fourth-order valence-electron chi connectivity index (χ4n) is 1.77. The van der Waals surface area contributed by atoms with E-state index in [4.69, 9.17) is 0 Å². The average Bonchev–Trinajstić information content (AvgIpc) is 2.60. The summed E-state index contributed by atoms with van der Waals surface area (Å²) in [5, 5.41) is 17.0. The molecular formula is C13H25N3O. The molecule has 1 aromatic rings. The van der Waals surface area contributed by atoms with Gasteiger partial charge in [0, 0.05) is 43.9 Å². The van der Waals surface area contributed by atoms with E-state index >= 15 is 0 Å². The van der Waals surface area contributed by atoms with Crippen molar-refractivity contribution in [2.45, 2.75) is 40.2 Å². The Hall–Kier alpha value is -0.870. The number of rotatable bonds is 6. The molecule has 0 spiro atoms. The molecule has 17 heavy (non-hydrogen) atoms. The minimum atomic E-state index is -0.0692. The van der Waals surface area contributed by atoms with Gasteiger partial charge in [-0.05, 0) is 5.92 Å². The van der Waals surface area contributed by atoms with Crippen molar-refractivity contribution in [1.82, 2.24) is 15.1 Å². The van der Waals surface area contributed by atoms with Crippen molar-refractivity contribution >= 4 is 0 Å². The second kappa shape index (κ2) is 5.65. The molecule has 0 bridgehead atoms.